The summed E-state index contributed by atoms with van der Waals surface area (Å²) in [5.41, 5.74) is 3.02. The summed E-state index contributed by atoms with van der Waals surface area (Å²) in [6, 6.07) is 4.66. The van der Waals surface area contributed by atoms with Crippen molar-refractivity contribution in [2.75, 3.05) is 11.5 Å². The maximum atomic E-state index is 5.74. The van der Waals surface area contributed by atoms with Crippen LogP contribution in [-0.4, -0.2) is 28.0 Å². The van der Waals surface area contributed by atoms with Crippen molar-refractivity contribution in [3.8, 4) is 0 Å². The Morgan fingerprint density at radius 2 is 2.24 bits per heavy atom. The zero-order chi connectivity index (χ0) is 12.3. The highest BCUT2D eigenvalue weighted by atomic mass is 79.9. The van der Waals surface area contributed by atoms with Crippen molar-refractivity contribution in [2.45, 2.75) is 29.9 Å². The Morgan fingerprint density at radius 1 is 1.47 bits per heavy atom. The van der Waals surface area contributed by atoms with E-state index in [0.717, 1.165) is 6.42 Å². The van der Waals surface area contributed by atoms with Crippen molar-refractivity contribution in [1.29, 1.82) is 0 Å². The van der Waals surface area contributed by atoms with Gasteiger partial charge >= 0.3 is 0 Å². The minimum atomic E-state index is 0.369. The van der Waals surface area contributed by atoms with Crippen molar-refractivity contribution >= 4 is 50.8 Å². The lowest BCUT2D eigenvalue weighted by Gasteiger charge is -2.33. The van der Waals surface area contributed by atoms with E-state index in [9.17, 15) is 0 Å². The second kappa shape index (κ2) is 6.82. The smallest absolute Gasteiger partial charge is 0.0701 e. The number of halogens is 1. The van der Waals surface area contributed by atoms with Crippen molar-refractivity contribution in [3.05, 3.63) is 20.8 Å². The third kappa shape index (κ3) is 3.88. The van der Waals surface area contributed by atoms with Gasteiger partial charge in [-0.05, 0) is 34.5 Å². The molecule has 1 aliphatic heterocycles. The molecule has 6 heteroatoms. The molecule has 0 bridgehead atoms. The van der Waals surface area contributed by atoms with Crippen LogP contribution in [0.25, 0.3) is 0 Å². The van der Waals surface area contributed by atoms with Gasteiger partial charge < -0.3 is 0 Å². The number of rotatable bonds is 4. The molecule has 0 radical (unpaired) electrons. The fraction of sp³-hybridized carbons (Fsp3) is 0.636. The summed E-state index contributed by atoms with van der Waals surface area (Å²) < 4.78 is 1.20. The lowest BCUT2D eigenvalue weighted by molar-refractivity contribution is 0.504. The monoisotopic (exact) mass is 352 g/mol. The van der Waals surface area contributed by atoms with E-state index in [1.54, 1.807) is 11.3 Å². The molecule has 0 spiro atoms. The number of thiophene rings is 1. The molecule has 3 unspecified atom stereocenters. The van der Waals surface area contributed by atoms with Crippen molar-refractivity contribution in [3.63, 3.8) is 0 Å². The summed E-state index contributed by atoms with van der Waals surface area (Å²) in [4.78, 5) is 1.39. The van der Waals surface area contributed by atoms with Gasteiger partial charge in [-0.3, -0.25) is 11.3 Å². The molecule has 17 heavy (non-hydrogen) atoms. The molecule has 1 saturated heterocycles. The van der Waals surface area contributed by atoms with Crippen molar-refractivity contribution in [2.24, 2.45) is 5.84 Å². The SMILES string of the molecule is CC1SCCSC1C(Cc1ccc(Br)s1)NN. The van der Waals surface area contributed by atoms with E-state index in [2.05, 4.69) is 63.9 Å². The fourth-order valence-electron chi connectivity index (χ4n) is 2.04. The first-order valence-electron chi connectivity index (χ1n) is 5.64. The highest BCUT2D eigenvalue weighted by Gasteiger charge is 2.30. The van der Waals surface area contributed by atoms with Gasteiger partial charge in [-0.15, -0.1) is 11.3 Å². The highest BCUT2D eigenvalue weighted by Crippen LogP contribution is 2.34. The molecule has 3 N–H and O–H groups in total. The van der Waals surface area contributed by atoms with Crippen LogP contribution in [0.2, 0.25) is 0 Å². The van der Waals surface area contributed by atoms with E-state index in [4.69, 9.17) is 5.84 Å². The predicted molar refractivity (Wildman–Crippen MR) is 85.0 cm³/mol. The van der Waals surface area contributed by atoms with Crippen LogP contribution in [0, 0.1) is 0 Å². The molecule has 1 aliphatic rings. The Kier molecular flexibility index (Phi) is 5.70. The largest absolute Gasteiger partial charge is 0.271 e. The first kappa shape index (κ1) is 14.2. The molecule has 0 aromatic carbocycles. The minimum absolute atomic E-state index is 0.369. The zero-order valence-corrected chi connectivity index (χ0v) is 13.7. The van der Waals surface area contributed by atoms with Crippen molar-refractivity contribution in [1.82, 2.24) is 5.43 Å². The van der Waals surface area contributed by atoms with Crippen molar-refractivity contribution < 1.29 is 0 Å². The van der Waals surface area contributed by atoms with Crippen LogP contribution in [0.4, 0.5) is 0 Å². The van der Waals surface area contributed by atoms with Gasteiger partial charge in [0.1, 0.15) is 0 Å². The van der Waals surface area contributed by atoms with Gasteiger partial charge in [-0.25, -0.2) is 0 Å². The Bertz CT molecular complexity index is 358. The van der Waals surface area contributed by atoms with Gasteiger partial charge in [0.05, 0.1) is 3.79 Å². The standard InChI is InChI=1S/C11H17BrN2S3/c1-7-11(16-5-4-15-7)9(14-13)6-8-2-3-10(12)17-8/h2-3,7,9,11,14H,4-6,13H2,1H3. The minimum Gasteiger partial charge on any atom is -0.271 e. The first-order chi connectivity index (χ1) is 8.20. The third-order valence-corrected chi connectivity index (χ3v) is 7.79. The summed E-state index contributed by atoms with van der Waals surface area (Å²) in [7, 11) is 0. The molecular weight excluding hydrogens is 336 g/mol. The van der Waals surface area contributed by atoms with E-state index < -0.39 is 0 Å². The Hall–Kier alpha value is 0.800. The summed E-state index contributed by atoms with van der Waals surface area (Å²) in [5.74, 6) is 8.25. The van der Waals surface area contributed by atoms with Crippen LogP contribution in [-0.2, 0) is 6.42 Å². The molecule has 3 atom stereocenters. The van der Waals surface area contributed by atoms with Crippen LogP contribution < -0.4 is 11.3 Å². The second-order valence-electron chi connectivity index (χ2n) is 4.09. The molecule has 96 valence electrons. The fourth-order valence-corrected chi connectivity index (χ4v) is 6.52. The van der Waals surface area contributed by atoms with Gasteiger partial charge in [0.2, 0.25) is 0 Å². The molecule has 1 aromatic heterocycles. The molecule has 2 nitrogen and oxygen atoms in total. The lowest BCUT2D eigenvalue weighted by Crippen LogP contribution is -2.48. The maximum Gasteiger partial charge on any atom is 0.0701 e. The number of hydrogen-bond donors (Lipinski definition) is 2. The van der Waals surface area contributed by atoms with Gasteiger partial charge in [-0.1, -0.05) is 6.92 Å². The van der Waals surface area contributed by atoms with Gasteiger partial charge in [0.25, 0.3) is 0 Å². The van der Waals surface area contributed by atoms with Crippen LogP contribution in [0.1, 0.15) is 11.8 Å². The summed E-state index contributed by atoms with van der Waals surface area (Å²) in [5, 5.41) is 1.29. The average Bonchev–Trinajstić information content (AvgIpc) is 2.73. The van der Waals surface area contributed by atoms with E-state index >= 15 is 0 Å². The molecule has 2 heterocycles. The van der Waals surface area contributed by atoms with Crippen LogP contribution in [0.15, 0.2) is 15.9 Å². The highest BCUT2D eigenvalue weighted by molar-refractivity contribution is 9.11. The number of hydrazine groups is 1. The molecular formula is C11H17BrN2S3. The molecule has 0 amide bonds. The lowest BCUT2D eigenvalue weighted by atomic mass is 10.1. The third-order valence-electron chi connectivity index (χ3n) is 2.90. The summed E-state index contributed by atoms with van der Waals surface area (Å²) in [6.07, 6.45) is 1.02. The number of nitrogens with one attached hydrogen (secondary N) is 1. The quantitative estimate of drug-likeness (QED) is 0.644. The van der Waals surface area contributed by atoms with E-state index in [1.807, 2.05) is 0 Å². The predicted octanol–water partition coefficient (Wildman–Crippen LogP) is 3.12. The van der Waals surface area contributed by atoms with Crippen LogP contribution in [0.3, 0.4) is 0 Å². The van der Waals surface area contributed by atoms with Crippen LogP contribution in [0.5, 0.6) is 0 Å². The number of hydrogen-bond acceptors (Lipinski definition) is 5. The summed E-state index contributed by atoms with van der Waals surface area (Å²) >= 11 is 9.43. The van der Waals surface area contributed by atoms with Crippen LogP contribution >= 0.6 is 50.8 Å². The van der Waals surface area contributed by atoms with E-state index in [0.29, 0.717) is 16.5 Å². The van der Waals surface area contributed by atoms with Gasteiger partial charge in [-0.2, -0.15) is 23.5 Å². The maximum absolute atomic E-state index is 5.74. The summed E-state index contributed by atoms with van der Waals surface area (Å²) in [6.45, 7) is 2.32. The molecule has 1 aromatic rings. The van der Waals surface area contributed by atoms with Gasteiger partial charge in [0.15, 0.2) is 0 Å². The normalized spacial score (nSPS) is 27.0. The molecule has 1 fully saturated rings. The molecule has 0 aliphatic carbocycles. The number of nitrogens with two attached hydrogens (primary N) is 1. The Labute approximate surface area is 124 Å². The van der Waals surface area contributed by atoms with E-state index in [-0.39, 0.29) is 0 Å². The first-order valence-corrected chi connectivity index (χ1v) is 9.35. The van der Waals surface area contributed by atoms with E-state index in [1.165, 1.54) is 20.2 Å². The second-order valence-corrected chi connectivity index (χ2v) is 9.41. The topological polar surface area (TPSA) is 38.0 Å². The Morgan fingerprint density at radius 3 is 2.82 bits per heavy atom. The average molecular weight is 353 g/mol. The Balaban J connectivity index is 2.00. The molecule has 0 saturated carbocycles. The van der Waals surface area contributed by atoms with Gasteiger partial charge in [0, 0.05) is 32.9 Å². The number of thioether (sulfide) groups is 2. The molecule has 2 rings (SSSR count). The zero-order valence-electron chi connectivity index (χ0n) is 9.69.